The van der Waals surface area contributed by atoms with Gasteiger partial charge in [0.15, 0.2) is 0 Å². The Labute approximate surface area is 158 Å². The van der Waals surface area contributed by atoms with Crippen molar-refractivity contribution in [2.24, 2.45) is 7.05 Å². The Morgan fingerprint density at radius 1 is 1.12 bits per heavy atom. The minimum atomic E-state index is -0.586. The lowest BCUT2D eigenvalue weighted by atomic mass is 10.0. The fourth-order valence-corrected chi connectivity index (χ4v) is 3.59. The molecule has 4 nitrogen and oxygen atoms in total. The molecule has 1 amide bonds. The summed E-state index contributed by atoms with van der Waals surface area (Å²) in [5.41, 5.74) is 2.07. The van der Waals surface area contributed by atoms with E-state index in [2.05, 4.69) is 5.32 Å². The van der Waals surface area contributed by atoms with Crippen molar-refractivity contribution in [2.45, 2.75) is 31.2 Å². The van der Waals surface area contributed by atoms with Crippen LogP contribution in [-0.2, 0) is 17.4 Å². The van der Waals surface area contributed by atoms with E-state index in [1.54, 1.807) is 11.8 Å². The first-order valence-corrected chi connectivity index (χ1v) is 9.39. The maximum atomic E-state index is 12.6. The molecule has 26 heavy (non-hydrogen) atoms. The van der Waals surface area contributed by atoms with Gasteiger partial charge in [0.05, 0.1) is 16.6 Å². The zero-order chi connectivity index (χ0) is 18.7. The highest BCUT2D eigenvalue weighted by molar-refractivity contribution is 8.02. The summed E-state index contributed by atoms with van der Waals surface area (Å²) in [7, 11) is 1.98. The Morgan fingerprint density at radius 3 is 2.46 bits per heavy atom. The number of amides is 1. The third-order valence-corrected chi connectivity index (χ3v) is 5.26. The number of hydrogen-bond acceptors (Lipinski definition) is 3. The predicted octanol–water partition coefficient (Wildman–Crippen LogP) is 4.62. The summed E-state index contributed by atoms with van der Waals surface area (Å²) in [6.45, 7) is 5.78. The first-order chi connectivity index (χ1) is 12.4. The summed E-state index contributed by atoms with van der Waals surface area (Å²) in [4.78, 5) is 18.5. The van der Waals surface area contributed by atoms with Crippen LogP contribution < -0.4 is 5.32 Å². The Morgan fingerprint density at radius 2 is 1.77 bits per heavy atom. The average molecular weight is 366 g/mol. The van der Waals surface area contributed by atoms with Crippen LogP contribution in [0.2, 0.25) is 0 Å². The molecule has 1 N–H and O–H groups in total. The van der Waals surface area contributed by atoms with Crippen LogP contribution in [-0.4, -0.2) is 15.5 Å². The second-order valence-electron chi connectivity index (χ2n) is 6.79. The molecule has 0 saturated heterocycles. The van der Waals surface area contributed by atoms with Crippen LogP contribution in [0.5, 0.6) is 0 Å². The SMILES string of the molecule is C/C(=C/Sc1ccccc1)C(=O)NC(C)(C)c1nc2ccccc2n1C. The standard InChI is InChI=1S/C21H23N3OS/c1-15(14-26-16-10-6-5-7-11-16)19(25)23-21(2,3)20-22-17-12-8-9-13-18(17)24(20)4/h5-14H,1-4H3,(H,23,25)/b15-14-. The number of imidazole rings is 1. The van der Waals surface area contributed by atoms with Crippen LogP contribution in [0, 0.1) is 0 Å². The monoisotopic (exact) mass is 365 g/mol. The molecule has 2 aromatic carbocycles. The van der Waals surface area contributed by atoms with Gasteiger partial charge in [-0.05, 0) is 50.4 Å². The minimum Gasteiger partial charge on any atom is -0.340 e. The molecule has 0 unspecified atom stereocenters. The summed E-state index contributed by atoms with van der Waals surface area (Å²) >= 11 is 1.54. The van der Waals surface area contributed by atoms with E-state index in [-0.39, 0.29) is 5.91 Å². The number of benzene rings is 2. The fraction of sp³-hybridized carbons (Fsp3) is 0.238. The van der Waals surface area contributed by atoms with E-state index >= 15 is 0 Å². The summed E-state index contributed by atoms with van der Waals surface area (Å²) in [6.07, 6.45) is 0. The van der Waals surface area contributed by atoms with E-state index in [1.165, 1.54) is 0 Å². The maximum Gasteiger partial charge on any atom is 0.248 e. The van der Waals surface area contributed by atoms with Gasteiger partial charge in [-0.25, -0.2) is 4.98 Å². The molecule has 0 fully saturated rings. The van der Waals surface area contributed by atoms with Crippen LogP contribution in [0.4, 0.5) is 0 Å². The van der Waals surface area contributed by atoms with E-state index in [9.17, 15) is 4.79 Å². The van der Waals surface area contributed by atoms with Gasteiger partial charge < -0.3 is 9.88 Å². The van der Waals surface area contributed by atoms with Crippen LogP contribution in [0.15, 0.2) is 70.5 Å². The molecule has 0 saturated carbocycles. The third kappa shape index (κ3) is 3.83. The van der Waals surface area contributed by atoms with Gasteiger partial charge in [-0.15, -0.1) is 0 Å². The van der Waals surface area contributed by atoms with Gasteiger partial charge in [-0.1, -0.05) is 42.1 Å². The van der Waals surface area contributed by atoms with Crippen molar-refractivity contribution in [3.8, 4) is 0 Å². The molecule has 0 aliphatic heterocycles. The first-order valence-electron chi connectivity index (χ1n) is 8.51. The molecular formula is C21H23N3OS. The summed E-state index contributed by atoms with van der Waals surface area (Å²) < 4.78 is 2.04. The number of rotatable bonds is 5. The van der Waals surface area contributed by atoms with Gasteiger partial charge in [0.1, 0.15) is 5.82 Å². The number of nitrogens with zero attached hydrogens (tertiary/aromatic N) is 2. The number of nitrogens with one attached hydrogen (secondary N) is 1. The van der Waals surface area contributed by atoms with Crippen molar-refractivity contribution < 1.29 is 4.79 Å². The molecular weight excluding hydrogens is 342 g/mol. The van der Waals surface area contributed by atoms with Crippen molar-refractivity contribution in [1.82, 2.24) is 14.9 Å². The van der Waals surface area contributed by atoms with Gasteiger partial charge in [0.25, 0.3) is 0 Å². The van der Waals surface area contributed by atoms with Gasteiger partial charge >= 0.3 is 0 Å². The molecule has 134 valence electrons. The molecule has 0 atom stereocenters. The minimum absolute atomic E-state index is 0.0921. The predicted molar refractivity (Wildman–Crippen MR) is 108 cm³/mol. The lowest BCUT2D eigenvalue weighted by Crippen LogP contribution is -2.43. The summed E-state index contributed by atoms with van der Waals surface area (Å²) in [5.74, 6) is 0.737. The zero-order valence-corrected chi connectivity index (χ0v) is 16.3. The van der Waals surface area contributed by atoms with Gasteiger partial charge in [0, 0.05) is 17.5 Å². The summed E-state index contributed by atoms with van der Waals surface area (Å²) in [5, 5.41) is 4.99. The molecule has 3 aromatic rings. The van der Waals surface area contributed by atoms with E-state index in [1.807, 2.05) is 92.4 Å². The second kappa shape index (κ2) is 7.38. The molecule has 0 spiro atoms. The molecule has 1 aromatic heterocycles. The van der Waals surface area contributed by atoms with E-state index in [0.717, 1.165) is 21.8 Å². The Bertz CT molecular complexity index is 958. The zero-order valence-electron chi connectivity index (χ0n) is 15.5. The molecule has 0 radical (unpaired) electrons. The van der Waals surface area contributed by atoms with Crippen LogP contribution in [0.3, 0.4) is 0 Å². The number of carbonyl (C=O) groups excluding carboxylic acids is 1. The van der Waals surface area contributed by atoms with Crippen molar-refractivity contribution in [3.05, 3.63) is 71.4 Å². The van der Waals surface area contributed by atoms with Crippen molar-refractivity contribution in [1.29, 1.82) is 0 Å². The normalized spacial score (nSPS) is 12.4. The summed E-state index contributed by atoms with van der Waals surface area (Å²) in [6, 6.07) is 18.0. The lowest BCUT2D eigenvalue weighted by molar-refractivity contribution is -0.119. The Balaban J connectivity index is 1.77. The average Bonchev–Trinajstić information content (AvgIpc) is 2.98. The highest BCUT2D eigenvalue weighted by Crippen LogP contribution is 2.25. The quantitative estimate of drug-likeness (QED) is 0.530. The molecule has 0 aliphatic carbocycles. The number of hydrogen-bond donors (Lipinski definition) is 1. The Kier molecular flexibility index (Phi) is 5.18. The highest BCUT2D eigenvalue weighted by Gasteiger charge is 2.28. The number of thioether (sulfide) groups is 1. The number of aromatic nitrogens is 2. The molecule has 0 aliphatic rings. The van der Waals surface area contributed by atoms with Crippen molar-refractivity contribution in [2.75, 3.05) is 0 Å². The van der Waals surface area contributed by atoms with E-state index in [0.29, 0.717) is 5.57 Å². The van der Waals surface area contributed by atoms with E-state index < -0.39 is 5.54 Å². The smallest absolute Gasteiger partial charge is 0.248 e. The lowest BCUT2D eigenvalue weighted by Gasteiger charge is -2.26. The van der Waals surface area contributed by atoms with Gasteiger partial charge in [0.2, 0.25) is 5.91 Å². The third-order valence-electron chi connectivity index (χ3n) is 4.25. The Hall–Kier alpha value is -2.53. The van der Waals surface area contributed by atoms with Gasteiger partial charge in [-0.3, -0.25) is 4.79 Å². The van der Waals surface area contributed by atoms with Crippen LogP contribution >= 0.6 is 11.8 Å². The molecule has 0 bridgehead atoms. The molecule has 1 heterocycles. The topological polar surface area (TPSA) is 46.9 Å². The number of fused-ring (bicyclic) bond motifs is 1. The fourth-order valence-electron chi connectivity index (χ4n) is 2.85. The number of aryl methyl sites for hydroxylation is 1. The largest absolute Gasteiger partial charge is 0.340 e. The maximum absolute atomic E-state index is 12.6. The molecule has 5 heteroatoms. The number of carbonyl (C=O) groups is 1. The van der Waals surface area contributed by atoms with E-state index in [4.69, 9.17) is 4.98 Å². The van der Waals surface area contributed by atoms with Crippen molar-refractivity contribution in [3.63, 3.8) is 0 Å². The van der Waals surface area contributed by atoms with Crippen LogP contribution in [0.25, 0.3) is 11.0 Å². The molecule has 3 rings (SSSR count). The highest BCUT2D eigenvalue weighted by atomic mass is 32.2. The first kappa shape index (κ1) is 18.3. The van der Waals surface area contributed by atoms with Gasteiger partial charge in [-0.2, -0.15) is 0 Å². The van der Waals surface area contributed by atoms with Crippen molar-refractivity contribution >= 4 is 28.7 Å². The second-order valence-corrected chi connectivity index (χ2v) is 7.74. The van der Waals surface area contributed by atoms with Crippen LogP contribution in [0.1, 0.15) is 26.6 Å². The number of para-hydroxylation sites is 2.